The molecule has 0 heterocycles. The molecule has 0 aliphatic rings. The Kier molecular flexibility index (Phi) is 4.88. The van der Waals surface area contributed by atoms with Gasteiger partial charge in [0, 0.05) is 13.0 Å². The quantitative estimate of drug-likeness (QED) is 0.487. The largest absolute Gasteiger partial charge is 0.396 e. The van der Waals surface area contributed by atoms with Gasteiger partial charge in [-0.3, -0.25) is 4.79 Å². The van der Waals surface area contributed by atoms with Crippen LogP contribution >= 0.6 is 0 Å². The Labute approximate surface area is 80.3 Å². The van der Waals surface area contributed by atoms with Crippen molar-refractivity contribution in [1.29, 1.82) is 0 Å². The van der Waals surface area contributed by atoms with Crippen molar-refractivity contribution in [2.24, 2.45) is 0 Å². The summed E-state index contributed by atoms with van der Waals surface area (Å²) in [6.45, 7) is 6.81. The minimum atomic E-state index is 0.0999. The van der Waals surface area contributed by atoms with E-state index in [0.29, 0.717) is 16.6 Å². The van der Waals surface area contributed by atoms with Crippen LogP contribution in [-0.2, 0) is 4.79 Å². The average Bonchev–Trinajstić information content (AvgIpc) is 2.00. The first-order valence-corrected chi connectivity index (χ1v) is 4.50. The number of aliphatic hydroxyl groups is 1. The molecule has 0 atom stereocenters. The van der Waals surface area contributed by atoms with Crippen molar-refractivity contribution in [1.82, 2.24) is 0 Å². The lowest BCUT2D eigenvalue weighted by Gasteiger charge is -2.28. The highest BCUT2D eigenvalue weighted by Crippen LogP contribution is 2.02. The molecule has 0 aromatic rings. The fourth-order valence-electron chi connectivity index (χ4n) is 1.10. The number of nitrogens with zero attached hydrogens (tertiary/aromatic N) is 1. The summed E-state index contributed by atoms with van der Waals surface area (Å²) in [7, 11) is 3.97. The van der Waals surface area contributed by atoms with Gasteiger partial charge in [-0.05, 0) is 12.5 Å². The third-order valence-electron chi connectivity index (χ3n) is 1.97. The van der Waals surface area contributed by atoms with E-state index in [1.165, 1.54) is 0 Å². The van der Waals surface area contributed by atoms with Crippen molar-refractivity contribution < 1.29 is 14.4 Å². The predicted molar refractivity (Wildman–Crippen MR) is 53.4 cm³/mol. The van der Waals surface area contributed by atoms with E-state index in [4.69, 9.17) is 5.11 Å². The Balaban J connectivity index is 4.00. The van der Waals surface area contributed by atoms with E-state index in [1.54, 1.807) is 6.92 Å². The van der Waals surface area contributed by atoms with Crippen molar-refractivity contribution >= 4 is 5.78 Å². The summed E-state index contributed by atoms with van der Waals surface area (Å²) in [6.07, 6.45) is 0.733. The first-order valence-electron chi connectivity index (χ1n) is 4.50. The van der Waals surface area contributed by atoms with Gasteiger partial charge in [0.2, 0.25) is 5.78 Å². The lowest BCUT2D eigenvalue weighted by molar-refractivity contribution is -0.882. The molecule has 0 radical (unpaired) electrons. The Hall–Kier alpha value is -0.670. The van der Waals surface area contributed by atoms with E-state index in [0.717, 1.165) is 13.0 Å². The van der Waals surface area contributed by atoms with Gasteiger partial charge >= 0.3 is 0 Å². The third kappa shape index (κ3) is 5.55. The molecule has 3 heteroatoms. The van der Waals surface area contributed by atoms with Crippen LogP contribution in [0.1, 0.15) is 13.3 Å². The van der Waals surface area contributed by atoms with Gasteiger partial charge in [-0.2, -0.15) is 0 Å². The zero-order chi connectivity index (χ0) is 10.5. The van der Waals surface area contributed by atoms with Crippen LogP contribution in [0.2, 0.25) is 0 Å². The molecule has 0 spiro atoms. The SMILES string of the molecule is C=C(C)C(=O)C[N+](C)(C)CCCO. The average molecular weight is 186 g/mol. The third-order valence-corrected chi connectivity index (χ3v) is 1.97. The summed E-state index contributed by atoms with van der Waals surface area (Å²) in [6, 6.07) is 0. The standard InChI is InChI=1S/C10H20NO2/c1-9(2)10(13)8-11(3,4)6-5-7-12/h12H,1,5-8H2,2-4H3/q+1. The van der Waals surface area contributed by atoms with Crippen molar-refractivity contribution in [3.63, 3.8) is 0 Å². The van der Waals surface area contributed by atoms with E-state index < -0.39 is 0 Å². The van der Waals surface area contributed by atoms with Crippen LogP contribution in [0.4, 0.5) is 0 Å². The molecule has 0 aromatic carbocycles. The smallest absolute Gasteiger partial charge is 0.212 e. The van der Waals surface area contributed by atoms with Crippen LogP contribution in [0.15, 0.2) is 12.2 Å². The zero-order valence-corrected chi connectivity index (χ0v) is 8.84. The molecule has 0 aliphatic heterocycles. The molecule has 0 saturated heterocycles. The van der Waals surface area contributed by atoms with Gasteiger partial charge in [-0.1, -0.05) is 6.58 Å². The van der Waals surface area contributed by atoms with Crippen LogP contribution in [0.5, 0.6) is 0 Å². The number of quaternary nitrogens is 1. The molecule has 13 heavy (non-hydrogen) atoms. The molecule has 0 saturated carbocycles. The fourth-order valence-corrected chi connectivity index (χ4v) is 1.10. The highest BCUT2D eigenvalue weighted by Gasteiger charge is 2.19. The van der Waals surface area contributed by atoms with E-state index in [2.05, 4.69) is 6.58 Å². The van der Waals surface area contributed by atoms with Gasteiger partial charge in [0.1, 0.15) is 6.54 Å². The number of aliphatic hydroxyl groups excluding tert-OH is 1. The molecule has 0 aliphatic carbocycles. The first kappa shape index (κ1) is 12.3. The van der Waals surface area contributed by atoms with Gasteiger partial charge < -0.3 is 9.59 Å². The summed E-state index contributed by atoms with van der Waals surface area (Å²) in [5, 5.41) is 8.66. The first-order chi connectivity index (χ1) is 5.89. The molecular weight excluding hydrogens is 166 g/mol. The molecule has 76 valence electrons. The minimum Gasteiger partial charge on any atom is -0.396 e. The number of hydrogen-bond acceptors (Lipinski definition) is 2. The van der Waals surface area contributed by atoms with E-state index >= 15 is 0 Å². The summed E-state index contributed by atoms with van der Waals surface area (Å²) in [4.78, 5) is 11.3. The topological polar surface area (TPSA) is 37.3 Å². The Bertz CT molecular complexity index is 197. The Morgan fingerprint density at radius 1 is 1.46 bits per heavy atom. The van der Waals surface area contributed by atoms with Crippen molar-refractivity contribution in [3.05, 3.63) is 12.2 Å². The summed E-state index contributed by atoms with van der Waals surface area (Å²) >= 11 is 0. The van der Waals surface area contributed by atoms with Gasteiger partial charge in [0.25, 0.3) is 0 Å². The van der Waals surface area contributed by atoms with Crippen molar-refractivity contribution in [3.8, 4) is 0 Å². The van der Waals surface area contributed by atoms with E-state index in [9.17, 15) is 4.79 Å². The van der Waals surface area contributed by atoms with Crippen LogP contribution in [-0.4, -0.2) is 49.2 Å². The van der Waals surface area contributed by atoms with Crippen LogP contribution in [0.3, 0.4) is 0 Å². The lowest BCUT2D eigenvalue weighted by Crippen LogP contribution is -2.44. The zero-order valence-electron chi connectivity index (χ0n) is 8.84. The number of carbonyl (C=O) groups excluding carboxylic acids is 1. The molecule has 0 unspecified atom stereocenters. The number of Topliss-reactive ketones (excluding diaryl/α,β-unsaturated/α-hetero) is 1. The van der Waals surface area contributed by atoms with Gasteiger partial charge in [-0.15, -0.1) is 0 Å². The number of carbonyl (C=O) groups is 1. The predicted octanol–water partition coefficient (Wildman–Crippen LogP) is 0.590. The van der Waals surface area contributed by atoms with Gasteiger partial charge in [0.15, 0.2) is 0 Å². The lowest BCUT2D eigenvalue weighted by atomic mass is 10.2. The Morgan fingerprint density at radius 2 is 2.00 bits per heavy atom. The highest BCUT2D eigenvalue weighted by atomic mass is 16.3. The molecular formula is C10H20NO2+. The molecule has 0 bridgehead atoms. The number of hydrogen-bond donors (Lipinski definition) is 1. The van der Waals surface area contributed by atoms with Crippen LogP contribution in [0, 0.1) is 0 Å². The molecule has 0 amide bonds. The van der Waals surface area contributed by atoms with E-state index in [1.807, 2.05) is 14.1 Å². The number of rotatable bonds is 6. The van der Waals surface area contributed by atoms with Gasteiger partial charge in [0.05, 0.1) is 20.6 Å². The maximum atomic E-state index is 11.3. The molecule has 3 nitrogen and oxygen atoms in total. The second-order valence-electron chi connectivity index (χ2n) is 4.10. The summed E-state index contributed by atoms with van der Waals surface area (Å²) < 4.78 is 0.617. The fraction of sp³-hybridized carbons (Fsp3) is 0.700. The maximum Gasteiger partial charge on any atom is 0.212 e. The van der Waals surface area contributed by atoms with Crippen molar-refractivity contribution in [2.75, 3.05) is 33.8 Å². The molecule has 0 rings (SSSR count). The molecule has 1 N–H and O–H groups in total. The number of likely N-dealkylation sites (N-methyl/N-ethyl adjacent to an activating group) is 1. The van der Waals surface area contributed by atoms with E-state index in [-0.39, 0.29) is 12.4 Å². The summed E-state index contributed by atoms with van der Waals surface area (Å²) in [5.74, 6) is 0.0999. The second kappa shape index (κ2) is 5.14. The van der Waals surface area contributed by atoms with Crippen molar-refractivity contribution in [2.45, 2.75) is 13.3 Å². The maximum absolute atomic E-state index is 11.3. The van der Waals surface area contributed by atoms with Gasteiger partial charge in [-0.25, -0.2) is 0 Å². The number of ketones is 1. The van der Waals surface area contributed by atoms with Crippen LogP contribution < -0.4 is 0 Å². The normalized spacial score (nSPS) is 11.4. The summed E-state index contributed by atoms with van der Waals surface area (Å²) in [5.41, 5.74) is 0.607. The monoisotopic (exact) mass is 186 g/mol. The molecule has 0 fully saturated rings. The van der Waals surface area contributed by atoms with Crippen LogP contribution in [0.25, 0.3) is 0 Å². The molecule has 0 aromatic heterocycles. The Morgan fingerprint density at radius 3 is 2.38 bits per heavy atom. The minimum absolute atomic E-state index is 0.0999. The second-order valence-corrected chi connectivity index (χ2v) is 4.10. The highest BCUT2D eigenvalue weighted by molar-refractivity contribution is 5.95.